The fourth-order valence-corrected chi connectivity index (χ4v) is 5.38. The zero-order chi connectivity index (χ0) is 38.2. The molecule has 0 fully saturated rings. The summed E-state index contributed by atoms with van der Waals surface area (Å²) in [7, 11) is 3.77. The van der Waals surface area contributed by atoms with Gasteiger partial charge >= 0.3 is 11.9 Å². The number of hydrogen-bond acceptors (Lipinski definition) is 13. The van der Waals surface area contributed by atoms with Gasteiger partial charge in [0.25, 0.3) is 11.8 Å². The molecule has 0 atom stereocenters. The molecule has 4 heterocycles. The third kappa shape index (κ3) is 8.07. The Hall–Kier alpha value is -7.37. The molecule has 6 rings (SSSR count). The standard InChI is InChI=1S/C36H31FN10O7/c1-52-30-18-24(36(51)54-3)29(41-34(49)27-8-10-32(45-43-27)47-14-12-39-20-47)16-22(30)6-4-5-21-15-28(23(17-25(21)37)35(50)53-2)40-33(48)26-7-9-31(44-42-26)46-13-11-38-19-46/h7-20H,4-6H2,1-3H3,(H,40,48)(H,41,49). The molecule has 2 amide bonds. The third-order valence-electron chi connectivity index (χ3n) is 8.11. The summed E-state index contributed by atoms with van der Waals surface area (Å²) in [5.74, 6) is -2.40. The van der Waals surface area contributed by atoms with Gasteiger partial charge in [-0.2, -0.15) is 0 Å². The number of ether oxygens (including phenoxy) is 3. The van der Waals surface area contributed by atoms with Crippen molar-refractivity contribution in [3.05, 3.63) is 125 Å². The molecule has 0 aliphatic rings. The number of nitrogens with zero attached hydrogens (tertiary/aromatic N) is 8. The van der Waals surface area contributed by atoms with Crippen LogP contribution in [0, 0.1) is 5.82 Å². The summed E-state index contributed by atoms with van der Waals surface area (Å²) in [6.07, 6.45) is 10.3. The van der Waals surface area contributed by atoms with Crippen molar-refractivity contribution in [2.75, 3.05) is 32.0 Å². The quantitative estimate of drug-likeness (QED) is 0.161. The highest BCUT2D eigenvalue weighted by Gasteiger charge is 2.22. The Morgan fingerprint density at radius 3 is 1.61 bits per heavy atom. The van der Waals surface area contributed by atoms with Crippen LogP contribution in [0.25, 0.3) is 11.6 Å². The maximum Gasteiger partial charge on any atom is 0.340 e. The lowest BCUT2D eigenvalue weighted by atomic mass is 9.98. The molecule has 6 aromatic rings. The maximum absolute atomic E-state index is 15.4. The summed E-state index contributed by atoms with van der Waals surface area (Å²) in [5.41, 5.74) is 0.675. The van der Waals surface area contributed by atoms with Gasteiger partial charge < -0.3 is 24.8 Å². The molecule has 0 aliphatic heterocycles. The first kappa shape index (κ1) is 36.4. The van der Waals surface area contributed by atoms with E-state index >= 15 is 4.39 Å². The molecule has 2 N–H and O–H groups in total. The van der Waals surface area contributed by atoms with Crippen molar-refractivity contribution in [1.29, 1.82) is 0 Å². The maximum atomic E-state index is 15.4. The fourth-order valence-electron chi connectivity index (χ4n) is 5.38. The number of carbonyl (C=O) groups is 4. The van der Waals surface area contributed by atoms with Crippen LogP contribution in [-0.4, -0.2) is 84.6 Å². The molecule has 0 radical (unpaired) electrons. The number of nitrogens with one attached hydrogen (secondary N) is 2. The van der Waals surface area contributed by atoms with E-state index in [4.69, 9.17) is 14.2 Å². The van der Waals surface area contributed by atoms with Gasteiger partial charge in [0.1, 0.15) is 24.2 Å². The number of benzene rings is 2. The monoisotopic (exact) mass is 734 g/mol. The number of amides is 2. The van der Waals surface area contributed by atoms with Crippen LogP contribution in [-0.2, 0) is 22.3 Å². The first-order valence-corrected chi connectivity index (χ1v) is 16.2. The molecule has 18 heteroatoms. The minimum atomic E-state index is -0.859. The van der Waals surface area contributed by atoms with E-state index in [1.54, 1.807) is 52.1 Å². The Balaban J connectivity index is 1.20. The normalized spacial score (nSPS) is 10.7. The first-order chi connectivity index (χ1) is 26.2. The number of aryl methyl sites for hydroxylation is 2. The molecule has 274 valence electrons. The van der Waals surface area contributed by atoms with E-state index in [2.05, 4.69) is 41.0 Å². The third-order valence-corrected chi connectivity index (χ3v) is 8.11. The number of halogens is 1. The van der Waals surface area contributed by atoms with Gasteiger partial charge in [-0.05, 0) is 78.9 Å². The minimum absolute atomic E-state index is 0.00917. The van der Waals surface area contributed by atoms with Crippen molar-refractivity contribution in [1.82, 2.24) is 39.5 Å². The van der Waals surface area contributed by atoms with Crippen LogP contribution < -0.4 is 15.4 Å². The van der Waals surface area contributed by atoms with Gasteiger partial charge in [-0.15, -0.1) is 20.4 Å². The predicted octanol–water partition coefficient (Wildman–Crippen LogP) is 4.04. The summed E-state index contributed by atoms with van der Waals surface area (Å²) in [6.45, 7) is 0. The van der Waals surface area contributed by atoms with E-state index < -0.39 is 29.6 Å². The highest BCUT2D eigenvalue weighted by Crippen LogP contribution is 2.31. The molecule has 17 nitrogen and oxygen atoms in total. The van der Waals surface area contributed by atoms with Crippen LogP contribution in [0.5, 0.6) is 5.75 Å². The van der Waals surface area contributed by atoms with Crippen LogP contribution in [0.2, 0.25) is 0 Å². The molecule has 0 bridgehead atoms. The van der Waals surface area contributed by atoms with Crippen LogP contribution in [0.4, 0.5) is 15.8 Å². The summed E-state index contributed by atoms with van der Waals surface area (Å²) in [5, 5.41) is 21.4. The highest BCUT2D eigenvalue weighted by molar-refractivity contribution is 6.08. The van der Waals surface area contributed by atoms with Crippen LogP contribution in [0.1, 0.15) is 59.2 Å². The summed E-state index contributed by atoms with van der Waals surface area (Å²) >= 11 is 0. The van der Waals surface area contributed by atoms with Gasteiger partial charge in [-0.1, -0.05) is 0 Å². The molecular formula is C36H31FN10O7. The first-order valence-electron chi connectivity index (χ1n) is 16.2. The smallest absolute Gasteiger partial charge is 0.340 e. The minimum Gasteiger partial charge on any atom is -0.496 e. The zero-order valence-electron chi connectivity index (χ0n) is 29.0. The lowest BCUT2D eigenvalue weighted by molar-refractivity contribution is 0.0592. The zero-order valence-corrected chi connectivity index (χ0v) is 29.0. The van der Waals surface area contributed by atoms with Gasteiger partial charge in [0.2, 0.25) is 0 Å². The van der Waals surface area contributed by atoms with E-state index in [-0.39, 0.29) is 45.9 Å². The predicted molar refractivity (Wildman–Crippen MR) is 188 cm³/mol. The van der Waals surface area contributed by atoms with E-state index in [0.717, 1.165) is 13.2 Å². The Labute approximate surface area is 306 Å². The Bertz CT molecular complexity index is 2300. The highest BCUT2D eigenvalue weighted by atomic mass is 19.1. The summed E-state index contributed by atoms with van der Waals surface area (Å²) in [6, 6.07) is 11.4. The number of aromatic nitrogens is 8. The summed E-state index contributed by atoms with van der Waals surface area (Å²) < 4.78 is 33.9. The number of imidazole rings is 2. The number of methoxy groups -OCH3 is 3. The molecule has 54 heavy (non-hydrogen) atoms. The van der Waals surface area contributed by atoms with Crippen LogP contribution in [0.15, 0.2) is 86.0 Å². The van der Waals surface area contributed by atoms with E-state index in [9.17, 15) is 19.2 Å². The molecule has 0 saturated heterocycles. The van der Waals surface area contributed by atoms with Gasteiger partial charge in [0.05, 0.1) is 43.8 Å². The van der Waals surface area contributed by atoms with Gasteiger partial charge in [-0.3, -0.25) is 18.7 Å². The Kier molecular flexibility index (Phi) is 11.0. The average Bonchev–Trinajstić information content (AvgIpc) is 3.95. The van der Waals surface area contributed by atoms with Crippen molar-refractivity contribution in [3.63, 3.8) is 0 Å². The molecule has 2 aromatic carbocycles. The summed E-state index contributed by atoms with van der Waals surface area (Å²) in [4.78, 5) is 59.5. The molecule has 0 saturated carbocycles. The van der Waals surface area contributed by atoms with Crippen molar-refractivity contribution < 1.29 is 37.8 Å². The van der Waals surface area contributed by atoms with E-state index in [1.807, 2.05) is 0 Å². The SMILES string of the molecule is COC(=O)c1cc(F)c(CCCc2cc(NC(=O)c3ccc(-n4ccnc4)nn3)c(C(=O)OC)cc2OC)cc1NC(=O)c1ccc(-n2ccnc2)nn1. The molecule has 0 unspecified atom stereocenters. The van der Waals surface area contributed by atoms with E-state index in [1.165, 1.54) is 51.1 Å². The lowest BCUT2D eigenvalue weighted by Crippen LogP contribution is -2.18. The number of anilines is 2. The second kappa shape index (κ2) is 16.3. The number of hydrogen-bond donors (Lipinski definition) is 2. The molecule has 0 aliphatic carbocycles. The van der Waals surface area contributed by atoms with Crippen molar-refractivity contribution >= 4 is 35.1 Å². The molecule has 4 aromatic heterocycles. The van der Waals surface area contributed by atoms with Crippen molar-refractivity contribution in [2.24, 2.45) is 0 Å². The number of rotatable bonds is 13. The average molecular weight is 735 g/mol. The fraction of sp³-hybridized carbons (Fsp3) is 0.167. The van der Waals surface area contributed by atoms with Gasteiger partial charge in [-0.25, -0.2) is 23.9 Å². The number of carbonyl (C=O) groups excluding carboxylic acids is 4. The van der Waals surface area contributed by atoms with Crippen molar-refractivity contribution in [3.8, 4) is 17.4 Å². The number of esters is 2. The molecular weight excluding hydrogens is 703 g/mol. The Morgan fingerprint density at radius 2 is 1.17 bits per heavy atom. The second-order valence-corrected chi connectivity index (χ2v) is 11.4. The van der Waals surface area contributed by atoms with E-state index in [0.29, 0.717) is 35.8 Å². The topological polar surface area (TPSA) is 207 Å². The Morgan fingerprint density at radius 1 is 0.667 bits per heavy atom. The second-order valence-electron chi connectivity index (χ2n) is 11.4. The van der Waals surface area contributed by atoms with Crippen LogP contribution in [0.3, 0.4) is 0 Å². The van der Waals surface area contributed by atoms with Crippen molar-refractivity contribution in [2.45, 2.75) is 19.3 Å². The molecule has 0 spiro atoms. The van der Waals surface area contributed by atoms with Gasteiger partial charge in [0, 0.05) is 24.8 Å². The van der Waals surface area contributed by atoms with Crippen LogP contribution >= 0.6 is 0 Å². The van der Waals surface area contributed by atoms with Gasteiger partial charge in [0.15, 0.2) is 23.0 Å². The lowest BCUT2D eigenvalue weighted by Gasteiger charge is -2.16. The largest absolute Gasteiger partial charge is 0.496 e.